The van der Waals surface area contributed by atoms with E-state index in [0.717, 1.165) is 10.5 Å². The molecule has 1 aromatic rings. The van der Waals surface area contributed by atoms with Crippen molar-refractivity contribution in [2.24, 2.45) is 5.41 Å². The number of fused-ring (bicyclic) bond motifs is 1. The average Bonchev–Trinajstić information content (AvgIpc) is 3.03. The number of ether oxygens (including phenoxy) is 3. The van der Waals surface area contributed by atoms with Gasteiger partial charge in [-0.1, -0.05) is 42.5 Å². The van der Waals surface area contributed by atoms with Crippen molar-refractivity contribution < 1.29 is 38.5 Å². The Labute approximate surface area is 185 Å². The summed E-state index contributed by atoms with van der Waals surface area (Å²) in [5.74, 6) is -3.27. The minimum atomic E-state index is -1.34. The molecular formula is C23H25NO8. The van der Waals surface area contributed by atoms with Crippen LogP contribution in [0.5, 0.6) is 0 Å². The Morgan fingerprint density at radius 1 is 1.19 bits per heavy atom. The highest BCUT2D eigenvalue weighted by molar-refractivity contribution is 5.95. The Balaban J connectivity index is 1.78. The predicted octanol–water partition coefficient (Wildman–Crippen LogP) is 2.48. The summed E-state index contributed by atoms with van der Waals surface area (Å²) in [6.45, 7) is 4.29. The van der Waals surface area contributed by atoms with Gasteiger partial charge in [0.25, 0.3) is 0 Å². The number of carbonyl (C=O) groups excluding carboxylic acids is 3. The molecule has 0 aromatic heterocycles. The molecule has 0 saturated carbocycles. The molecule has 2 aliphatic heterocycles. The standard InChI is InChI=1S/C23H25NO8/c1-23(2,3)22(29)31-13-30-21(28)18-19(32-17-12-16(25)24(17)18)15(20(26)27)11-7-10-14-8-5-4-6-9-14/h4-10,17-18H,11-13H2,1-3H3,(H,26,27)/b10-7+,19-15+/t17-,18?/m1/s1. The van der Waals surface area contributed by atoms with Crippen LogP contribution in [0.1, 0.15) is 39.2 Å². The SMILES string of the molecule is CC(C)(C)C(=O)OCOC(=O)C1/C(=C(/C/C=C/c2ccccc2)C(=O)O)O[C@@H]2CC(=O)N12. The van der Waals surface area contributed by atoms with Crippen LogP contribution in [-0.2, 0) is 33.4 Å². The molecule has 0 bridgehead atoms. The molecule has 1 N–H and O–H groups in total. The zero-order valence-electron chi connectivity index (χ0n) is 18.1. The monoisotopic (exact) mass is 443 g/mol. The van der Waals surface area contributed by atoms with Crippen LogP contribution in [0.2, 0.25) is 0 Å². The fraction of sp³-hybridized carbons (Fsp3) is 0.391. The molecule has 1 amide bonds. The molecule has 0 radical (unpaired) electrons. The van der Waals surface area contributed by atoms with E-state index < -0.39 is 42.4 Å². The summed E-state index contributed by atoms with van der Waals surface area (Å²) in [7, 11) is 0. The summed E-state index contributed by atoms with van der Waals surface area (Å²) in [4.78, 5) is 49.7. The zero-order chi connectivity index (χ0) is 23.5. The minimum Gasteiger partial charge on any atom is -0.478 e. The molecular weight excluding hydrogens is 418 g/mol. The molecule has 3 rings (SSSR count). The van der Waals surface area contributed by atoms with Crippen molar-refractivity contribution >= 4 is 29.9 Å². The summed E-state index contributed by atoms with van der Waals surface area (Å²) in [5, 5.41) is 9.73. The van der Waals surface area contributed by atoms with Crippen molar-refractivity contribution in [2.45, 2.75) is 45.9 Å². The van der Waals surface area contributed by atoms with Gasteiger partial charge in [0, 0.05) is 6.42 Å². The number of β-lactam (4-membered cyclic amide) rings is 1. The number of carboxylic acid groups (broad SMARTS) is 1. The van der Waals surface area contributed by atoms with Crippen LogP contribution in [0.25, 0.3) is 6.08 Å². The maximum atomic E-state index is 12.7. The number of allylic oxidation sites excluding steroid dienone is 1. The number of carbonyl (C=O) groups is 4. The molecule has 170 valence electrons. The van der Waals surface area contributed by atoms with Gasteiger partial charge in [-0.05, 0) is 26.3 Å². The number of nitrogens with zero attached hydrogens (tertiary/aromatic N) is 1. The smallest absolute Gasteiger partial charge is 0.339 e. The molecule has 2 aliphatic rings. The van der Waals surface area contributed by atoms with Gasteiger partial charge in [-0.2, -0.15) is 0 Å². The number of hydrogen-bond acceptors (Lipinski definition) is 7. The fourth-order valence-electron chi connectivity index (χ4n) is 3.21. The number of hydrogen-bond donors (Lipinski definition) is 1. The lowest BCUT2D eigenvalue weighted by atomic mass is 9.98. The number of esters is 2. The van der Waals surface area contributed by atoms with E-state index in [0.29, 0.717) is 0 Å². The van der Waals surface area contributed by atoms with E-state index in [-0.39, 0.29) is 30.1 Å². The van der Waals surface area contributed by atoms with Crippen LogP contribution in [0.3, 0.4) is 0 Å². The number of rotatable bonds is 7. The van der Waals surface area contributed by atoms with E-state index in [9.17, 15) is 24.3 Å². The molecule has 2 fully saturated rings. The highest BCUT2D eigenvalue weighted by Crippen LogP contribution is 2.39. The molecule has 9 heteroatoms. The summed E-state index contributed by atoms with van der Waals surface area (Å²) in [5.41, 5.74) is -0.0631. The van der Waals surface area contributed by atoms with Crippen LogP contribution in [0, 0.1) is 5.41 Å². The van der Waals surface area contributed by atoms with Gasteiger partial charge in [0.2, 0.25) is 12.7 Å². The Morgan fingerprint density at radius 3 is 2.47 bits per heavy atom. The first-order valence-corrected chi connectivity index (χ1v) is 10.1. The Morgan fingerprint density at radius 2 is 1.88 bits per heavy atom. The van der Waals surface area contributed by atoms with Gasteiger partial charge >= 0.3 is 17.9 Å². The third kappa shape index (κ3) is 4.99. The van der Waals surface area contributed by atoms with E-state index in [1.54, 1.807) is 32.9 Å². The first-order chi connectivity index (χ1) is 15.1. The summed E-state index contributed by atoms with van der Waals surface area (Å²) in [6.07, 6.45) is 2.67. The second-order valence-electron chi connectivity index (χ2n) is 8.41. The molecule has 2 saturated heterocycles. The van der Waals surface area contributed by atoms with Gasteiger partial charge < -0.3 is 19.3 Å². The number of carboxylic acids is 1. The van der Waals surface area contributed by atoms with Crippen LogP contribution in [-0.4, -0.2) is 52.9 Å². The van der Waals surface area contributed by atoms with Gasteiger partial charge in [0.15, 0.2) is 12.3 Å². The lowest BCUT2D eigenvalue weighted by molar-refractivity contribution is -0.179. The van der Waals surface area contributed by atoms with Crippen molar-refractivity contribution in [1.29, 1.82) is 0 Å². The van der Waals surface area contributed by atoms with Gasteiger partial charge in [0.1, 0.15) is 5.76 Å². The van der Waals surface area contributed by atoms with Crippen molar-refractivity contribution in [1.82, 2.24) is 4.90 Å². The maximum Gasteiger partial charge on any atom is 0.339 e. The Kier molecular flexibility index (Phi) is 6.67. The van der Waals surface area contributed by atoms with Crippen LogP contribution >= 0.6 is 0 Å². The second kappa shape index (κ2) is 9.25. The van der Waals surface area contributed by atoms with E-state index >= 15 is 0 Å². The first-order valence-electron chi connectivity index (χ1n) is 10.1. The maximum absolute atomic E-state index is 12.7. The second-order valence-corrected chi connectivity index (χ2v) is 8.41. The molecule has 2 atom stereocenters. The lowest BCUT2D eigenvalue weighted by Gasteiger charge is -2.33. The largest absolute Gasteiger partial charge is 0.478 e. The van der Waals surface area contributed by atoms with Crippen LogP contribution in [0.4, 0.5) is 0 Å². The molecule has 1 unspecified atom stereocenters. The van der Waals surface area contributed by atoms with Gasteiger partial charge in [0.05, 0.1) is 17.4 Å². The molecule has 0 aliphatic carbocycles. The number of benzene rings is 1. The molecule has 0 spiro atoms. The van der Waals surface area contributed by atoms with Crippen LogP contribution in [0.15, 0.2) is 47.7 Å². The van der Waals surface area contributed by atoms with E-state index in [1.807, 2.05) is 30.3 Å². The van der Waals surface area contributed by atoms with Gasteiger partial charge in [-0.25, -0.2) is 9.59 Å². The number of aliphatic carboxylic acids is 1. The quantitative estimate of drug-likeness (QED) is 0.295. The van der Waals surface area contributed by atoms with Crippen molar-refractivity contribution in [2.75, 3.05) is 6.79 Å². The molecule has 1 aromatic carbocycles. The van der Waals surface area contributed by atoms with Gasteiger partial charge in [-0.3, -0.25) is 14.5 Å². The van der Waals surface area contributed by atoms with Crippen molar-refractivity contribution in [3.63, 3.8) is 0 Å². The summed E-state index contributed by atoms with van der Waals surface area (Å²) in [6, 6.07) is 7.95. The Hall–Kier alpha value is -3.62. The third-order valence-electron chi connectivity index (χ3n) is 4.95. The predicted molar refractivity (Wildman–Crippen MR) is 111 cm³/mol. The molecule has 9 nitrogen and oxygen atoms in total. The fourth-order valence-corrected chi connectivity index (χ4v) is 3.21. The average molecular weight is 443 g/mol. The van der Waals surface area contributed by atoms with Crippen LogP contribution < -0.4 is 0 Å². The van der Waals surface area contributed by atoms with Crippen molar-refractivity contribution in [3.8, 4) is 0 Å². The van der Waals surface area contributed by atoms with Crippen molar-refractivity contribution in [3.05, 3.63) is 53.3 Å². The van der Waals surface area contributed by atoms with E-state index in [4.69, 9.17) is 14.2 Å². The zero-order valence-corrected chi connectivity index (χ0v) is 18.1. The molecule has 32 heavy (non-hydrogen) atoms. The third-order valence-corrected chi connectivity index (χ3v) is 4.95. The Bertz CT molecular complexity index is 973. The normalized spacial score (nSPS) is 21.5. The summed E-state index contributed by atoms with van der Waals surface area (Å²) >= 11 is 0. The van der Waals surface area contributed by atoms with Gasteiger partial charge in [-0.15, -0.1) is 0 Å². The summed E-state index contributed by atoms with van der Waals surface area (Å²) < 4.78 is 15.6. The van der Waals surface area contributed by atoms with E-state index in [2.05, 4.69) is 0 Å². The highest BCUT2D eigenvalue weighted by atomic mass is 16.7. The molecule has 2 heterocycles. The highest BCUT2D eigenvalue weighted by Gasteiger charge is 2.55. The number of amides is 1. The minimum absolute atomic E-state index is 0.0307. The lowest BCUT2D eigenvalue weighted by Crippen LogP contribution is -2.55. The van der Waals surface area contributed by atoms with E-state index in [1.165, 1.54) is 0 Å². The first kappa shape index (κ1) is 23.1. The topological polar surface area (TPSA) is 119 Å².